The van der Waals surface area contributed by atoms with E-state index in [2.05, 4.69) is 4.98 Å². The van der Waals surface area contributed by atoms with Crippen molar-refractivity contribution in [2.75, 3.05) is 26.7 Å². The number of amides is 2. The maximum absolute atomic E-state index is 12.3. The number of hydrogen-bond acceptors (Lipinski definition) is 5. The molecule has 8 heteroatoms. The highest BCUT2D eigenvalue weighted by Gasteiger charge is 2.27. The molecule has 1 aliphatic rings. The number of carboxylic acids is 1. The zero-order chi connectivity index (χ0) is 14.5. The zero-order valence-corrected chi connectivity index (χ0v) is 12.0. The van der Waals surface area contributed by atoms with E-state index in [1.165, 1.54) is 11.3 Å². The molecule has 0 radical (unpaired) electrons. The van der Waals surface area contributed by atoms with Crippen LogP contribution in [0.1, 0.15) is 12.1 Å². The summed E-state index contributed by atoms with van der Waals surface area (Å²) in [6.45, 7) is 1.61. The van der Waals surface area contributed by atoms with Gasteiger partial charge in [0.05, 0.1) is 36.9 Å². The van der Waals surface area contributed by atoms with Crippen molar-refractivity contribution >= 4 is 23.3 Å². The van der Waals surface area contributed by atoms with Crippen molar-refractivity contribution in [2.24, 2.45) is 0 Å². The van der Waals surface area contributed by atoms with Crippen LogP contribution in [0.3, 0.4) is 0 Å². The van der Waals surface area contributed by atoms with E-state index in [0.717, 1.165) is 5.69 Å². The lowest BCUT2D eigenvalue weighted by molar-refractivity contribution is -0.141. The Morgan fingerprint density at radius 2 is 2.45 bits per heavy atom. The summed E-state index contributed by atoms with van der Waals surface area (Å²) in [7, 11) is 1.71. The quantitative estimate of drug-likeness (QED) is 0.892. The van der Waals surface area contributed by atoms with E-state index in [1.54, 1.807) is 22.4 Å². The van der Waals surface area contributed by atoms with Gasteiger partial charge in [0.1, 0.15) is 0 Å². The number of carboxylic acid groups (broad SMARTS) is 1. The van der Waals surface area contributed by atoms with Crippen LogP contribution in [0.2, 0.25) is 0 Å². The Kier molecular flexibility index (Phi) is 4.91. The predicted molar refractivity (Wildman–Crippen MR) is 72.5 cm³/mol. The third-order valence-corrected chi connectivity index (χ3v) is 3.66. The fourth-order valence-electron chi connectivity index (χ4n) is 2.08. The second-order valence-corrected chi connectivity index (χ2v) is 5.37. The Hall–Kier alpha value is -1.67. The highest BCUT2D eigenvalue weighted by atomic mass is 32.1. The molecule has 2 amide bonds. The van der Waals surface area contributed by atoms with Gasteiger partial charge in [-0.25, -0.2) is 9.78 Å². The van der Waals surface area contributed by atoms with E-state index in [-0.39, 0.29) is 12.5 Å². The molecule has 2 rings (SSSR count). The summed E-state index contributed by atoms with van der Waals surface area (Å²) in [5, 5.41) is 10.7. The van der Waals surface area contributed by atoms with Gasteiger partial charge in [-0.05, 0) is 0 Å². The number of thiazole rings is 1. The Bertz CT molecular complexity index is 465. The molecule has 1 N–H and O–H groups in total. The molecule has 0 aromatic carbocycles. The zero-order valence-electron chi connectivity index (χ0n) is 11.2. The monoisotopic (exact) mass is 299 g/mol. The summed E-state index contributed by atoms with van der Waals surface area (Å²) in [6, 6.07) is -0.128. The first kappa shape index (κ1) is 14.7. The lowest BCUT2D eigenvalue weighted by atomic mass is 10.2. The van der Waals surface area contributed by atoms with Crippen molar-refractivity contribution in [3.05, 3.63) is 16.6 Å². The number of urea groups is 1. The van der Waals surface area contributed by atoms with Crippen LogP contribution in [-0.4, -0.2) is 64.7 Å². The minimum Gasteiger partial charge on any atom is -0.481 e. The Balaban J connectivity index is 1.89. The van der Waals surface area contributed by atoms with Crippen molar-refractivity contribution in [1.29, 1.82) is 0 Å². The number of rotatable bonds is 4. The number of aliphatic carboxylic acids is 1. The first-order chi connectivity index (χ1) is 9.56. The van der Waals surface area contributed by atoms with Gasteiger partial charge >= 0.3 is 12.0 Å². The van der Waals surface area contributed by atoms with Gasteiger partial charge in [0.2, 0.25) is 0 Å². The maximum Gasteiger partial charge on any atom is 0.320 e. The molecular weight excluding hydrogens is 282 g/mol. The van der Waals surface area contributed by atoms with Gasteiger partial charge in [0.15, 0.2) is 0 Å². The van der Waals surface area contributed by atoms with Gasteiger partial charge in [-0.1, -0.05) is 0 Å². The lowest BCUT2D eigenvalue weighted by Crippen LogP contribution is -2.50. The Labute approximate surface area is 120 Å². The number of nitrogens with zero attached hydrogens (tertiary/aromatic N) is 3. The molecule has 1 aliphatic heterocycles. The van der Waals surface area contributed by atoms with Crippen molar-refractivity contribution in [3.63, 3.8) is 0 Å². The predicted octanol–water partition coefficient (Wildman–Crippen LogP) is 0.870. The summed E-state index contributed by atoms with van der Waals surface area (Å²) in [6.07, 6.45) is -0.516. The Morgan fingerprint density at radius 1 is 1.65 bits per heavy atom. The van der Waals surface area contributed by atoms with Gasteiger partial charge in [-0.15, -0.1) is 11.3 Å². The molecule has 1 saturated heterocycles. The SMILES string of the molecule is CN(Cc1cscn1)C(=O)N1CCOC(CC(=O)O)C1. The smallest absolute Gasteiger partial charge is 0.320 e. The van der Waals surface area contributed by atoms with Gasteiger partial charge in [-0.2, -0.15) is 0 Å². The van der Waals surface area contributed by atoms with Gasteiger partial charge in [0.25, 0.3) is 0 Å². The number of hydrogen-bond donors (Lipinski definition) is 1. The molecule has 110 valence electrons. The molecule has 2 heterocycles. The summed E-state index contributed by atoms with van der Waals surface area (Å²) >= 11 is 1.49. The van der Waals surface area contributed by atoms with Crippen molar-refractivity contribution in [3.8, 4) is 0 Å². The van der Waals surface area contributed by atoms with E-state index in [0.29, 0.717) is 26.2 Å². The molecule has 1 aromatic rings. The number of morpholine rings is 1. The molecular formula is C12H17N3O4S. The number of ether oxygens (including phenoxy) is 1. The summed E-state index contributed by atoms with van der Waals surface area (Å²) in [5.74, 6) is -0.917. The van der Waals surface area contributed by atoms with Crippen LogP contribution in [0, 0.1) is 0 Å². The molecule has 1 atom stereocenters. The van der Waals surface area contributed by atoms with E-state index in [9.17, 15) is 9.59 Å². The maximum atomic E-state index is 12.3. The second-order valence-electron chi connectivity index (χ2n) is 4.66. The van der Waals surface area contributed by atoms with Crippen LogP contribution in [0.4, 0.5) is 4.79 Å². The van der Waals surface area contributed by atoms with E-state index in [1.807, 2.05) is 5.38 Å². The second kappa shape index (κ2) is 6.67. The molecule has 7 nitrogen and oxygen atoms in total. The summed E-state index contributed by atoms with van der Waals surface area (Å²) in [5.41, 5.74) is 2.58. The molecule has 0 saturated carbocycles. The van der Waals surface area contributed by atoms with Crippen LogP contribution in [0.15, 0.2) is 10.9 Å². The highest BCUT2D eigenvalue weighted by molar-refractivity contribution is 7.07. The third-order valence-electron chi connectivity index (χ3n) is 3.02. The average Bonchev–Trinajstić information content (AvgIpc) is 2.90. The Morgan fingerprint density at radius 3 is 3.10 bits per heavy atom. The highest BCUT2D eigenvalue weighted by Crippen LogP contribution is 2.12. The average molecular weight is 299 g/mol. The fourth-order valence-corrected chi connectivity index (χ4v) is 2.63. The third kappa shape index (κ3) is 3.91. The molecule has 1 aromatic heterocycles. The summed E-state index contributed by atoms with van der Waals surface area (Å²) in [4.78, 5) is 30.3. The van der Waals surface area contributed by atoms with Crippen LogP contribution in [0.25, 0.3) is 0 Å². The van der Waals surface area contributed by atoms with E-state index >= 15 is 0 Å². The van der Waals surface area contributed by atoms with Crippen molar-refractivity contribution in [2.45, 2.75) is 19.1 Å². The standard InChI is InChI=1S/C12H17N3O4S/c1-14(5-9-7-20-8-13-9)12(18)15-2-3-19-10(6-15)4-11(16)17/h7-8,10H,2-6H2,1H3,(H,16,17). The molecule has 1 fully saturated rings. The molecule has 0 bridgehead atoms. The number of aromatic nitrogens is 1. The lowest BCUT2D eigenvalue weighted by Gasteiger charge is -2.34. The van der Waals surface area contributed by atoms with E-state index < -0.39 is 12.1 Å². The molecule has 0 aliphatic carbocycles. The first-order valence-electron chi connectivity index (χ1n) is 6.26. The van der Waals surface area contributed by atoms with E-state index in [4.69, 9.17) is 9.84 Å². The van der Waals surface area contributed by atoms with Crippen molar-refractivity contribution in [1.82, 2.24) is 14.8 Å². The fraction of sp³-hybridized carbons (Fsp3) is 0.583. The minimum absolute atomic E-state index is 0.0837. The largest absolute Gasteiger partial charge is 0.481 e. The van der Waals surface area contributed by atoms with Gasteiger partial charge in [0, 0.05) is 25.5 Å². The number of carbonyl (C=O) groups excluding carboxylic acids is 1. The van der Waals surface area contributed by atoms with Crippen LogP contribution >= 0.6 is 11.3 Å². The molecule has 1 unspecified atom stereocenters. The first-order valence-corrected chi connectivity index (χ1v) is 7.21. The topological polar surface area (TPSA) is 83.0 Å². The summed E-state index contributed by atoms with van der Waals surface area (Å²) < 4.78 is 5.35. The normalized spacial score (nSPS) is 18.9. The van der Waals surface area contributed by atoms with Crippen LogP contribution in [0.5, 0.6) is 0 Å². The van der Waals surface area contributed by atoms with Gasteiger partial charge < -0.3 is 19.6 Å². The van der Waals surface area contributed by atoms with Crippen LogP contribution in [-0.2, 0) is 16.1 Å². The number of carbonyl (C=O) groups is 2. The van der Waals surface area contributed by atoms with Crippen molar-refractivity contribution < 1.29 is 19.4 Å². The molecule has 20 heavy (non-hydrogen) atoms. The molecule has 0 spiro atoms. The van der Waals surface area contributed by atoms with Crippen LogP contribution < -0.4 is 0 Å². The minimum atomic E-state index is -0.917. The van der Waals surface area contributed by atoms with Gasteiger partial charge in [-0.3, -0.25) is 4.79 Å².